The fraction of sp³-hybridized carbons (Fsp3) is 0.333. The number of halogens is 1. The van der Waals surface area contributed by atoms with Crippen molar-refractivity contribution in [2.75, 3.05) is 0 Å². The zero-order valence-corrected chi connectivity index (χ0v) is 12.6. The quantitative estimate of drug-likeness (QED) is 0.782. The van der Waals surface area contributed by atoms with E-state index in [0.717, 1.165) is 29.0 Å². The molecule has 0 aliphatic heterocycles. The summed E-state index contributed by atoms with van der Waals surface area (Å²) in [5, 5.41) is 0. The molecule has 1 aromatic carbocycles. The van der Waals surface area contributed by atoms with E-state index in [9.17, 15) is 0 Å². The third-order valence-corrected chi connectivity index (χ3v) is 3.28. The summed E-state index contributed by atoms with van der Waals surface area (Å²) < 4.78 is 0.857. The summed E-state index contributed by atoms with van der Waals surface area (Å²) in [6, 6.07) is 8.43. The molecule has 1 heterocycles. The van der Waals surface area contributed by atoms with Crippen molar-refractivity contribution in [2.45, 2.75) is 33.6 Å². The van der Waals surface area contributed by atoms with Crippen LogP contribution >= 0.6 is 15.9 Å². The van der Waals surface area contributed by atoms with Crippen LogP contribution in [0.2, 0.25) is 0 Å². The van der Waals surface area contributed by atoms with Gasteiger partial charge in [0.05, 0.1) is 5.69 Å². The number of hydrogen-bond donors (Lipinski definition) is 0. The minimum Gasteiger partial charge on any atom is -0.233 e. The van der Waals surface area contributed by atoms with Gasteiger partial charge < -0.3 is 0 Å². The third kappa shape index (κ3) is 2.96. The molecule has 0 unspecified atom stereocenters. The average Bonchev–Trinajstić information content (AvgIpc) is 2.28. The molecule has 0 radical (unpaired) electrons. The Bertz CT molecular complexity index is 564. The maximum atomic E-state index is 4.64. The van der Waals surface area contributed by atoms with Crippen molar-refractivity contribution >= 4 is 15.9 Å². The summed E-state index contributed by atoms with van der Waals surface area (Å²) in [5.41, 5.74) is 4.71. The molecule has 94 valence electrons. The molecule has 0 spiro atoms. The molecule has 0 aliphatic carbocycles. The molecule has 18 heavy (non-hydrogen) atoms. The Morgan fingerprint density at radius 2 is 1.89 bits per heavy atom. The SMILES string of the molecule is CCCc1nc(Br)cc(-c2ccc(C)cc2C)n1. The highest BCUT2D eigenvalue weighted by Gasteiger charge is 2.07. The van der Waals surface area contributed by atoms with Crippen LogP contribution in [0.4, 0.5) is 0 Å². The Morgan fingerprint density at radius 3 is 2.56 bits per heavy atom. The first-order chi connectivity index (χ1) is 8.60. The number of nitrogens with zero attached hydrogens (tertiary/aromatic N) is 2. The molecule has 0 saturated carbocycles. The molecule has 0 N–H and O–H groups in total. The molecule has 0 amide bonds. The lowest BCUT2D eigenvalue weighted by Crippen LogP contribution is -1.98. The predicted molar refractivity (Wildman–Crippen MR) is 78.6 cm³/mol. The number of aryl methyl sites for hydroxylation is 3. The first-order valence-electron chi connectivity index (χ1n) is 6.21. The molecule has 0 aliphatic rings. The van der Waals surface area contributed by atoms with Gasteiger partial charge in [-0.2, -0.15) is 0 Å². The molecule has 2 aromatic rings. The van der Waals surface area contributed by atoms with Gasteiger partial charge >= 0.3 is 0 Å². The molecule has 0 saturated heterocycles. The molecular formula is C15H17BrN2. The first kappa shape index (κ1) is 13.2. The first-order valence-corrected chi connectivity index (χ1v) is 7.00. The Kier molecular flexibility index (Phi) is 4.12. The lowest BCUT2D eigenvalue weighted by atomic mass is 10.0. The van der Waals surface area contributed by atoms with Gasteiger partial charge in [-0.25, -0.2) is 9.97 Å². The van der Waals surface area contributed by atoms with Crippen LogP contribution in [0.5, 0.6) is 0 Å². The van der Waals surface area contributed by atoms with E-state index in [1.165, 1.54) is 16.7 Å². The van der Waals surface area contributed by atoms with Gasteiger partial charge in [-0.05, 0) is 47.8 Å². The van der Waals surface area contributed by atoms with Gasteiger partial charge in [0.15, 0.2) is 0 Å². The predicted octanol–water partition coefficient (Wildman–Crippen LogP) is 4.48. The lowest BCUT2D eigenvalue weighted by molar-refractivity contribution is 0.831. The molecule has 0 fully saturated rings. The van der Waals surface area contributed by atoms with E-state index in [1.807, 2.05) is 6.07 Å². The van der Waals surface area contributed by atoms with Gasteiger partial charge in [0.2, 0.25) is 0 Å². The molecule has 2 rings (SSSR count). The zero-order chi connectivity index (χ0) is 13.1. The Morgan fingerprint density at radius 1 is 1.11 bits per heavy atom. The highest BCUT2D eigenvalue weighted by atomic mass is 79.9. The topological polar surface area (TPSA) is 25.8 Å². The number of hydrogen-bond acceptors (Lipinski definition) is 2. The summed E-state index contributed by atoms with van der Waals surface area (Å²) in [6.07, 6.45) is 1.97. The minimum absolute atomic E-state index is 0.857. The van der Waals surface area contributed by atoms with Crippen LogP contribution in [0.1, 0.15) is 30.3 Å². The van der Waals surface area contributed by atoms with E-state index in [1.54, 1.807) is 0 Å². The Hall–Kier alpha value is -1.22. The smallest absolute Gasteiger partial charge is 0.130 e. The molecular weight excluding hydrogens is 288 g/mol. The Balaban J connectivity index is 2.49. The summed E-state index contributed by atoms with van der Waals surface area (Å²) in [4.78, 5) is 9.04. The van der Waals surface area contributed by atoms with Crippen LogP contribution in [0, 0.1) is 13.8 Å². The van der Waals surface area contributed by atoms with Crippen molar-refractivity contribution in [1.29, 1.82) is 0 Å². The monoisotopic (exact) mass is 304 g/mol. The third-order valence-electron chi connectivity index (χ3n) is 2.87. The lowest BCUT2D eigenvalue weighted by Gasteiger charge is -2.08. The Labute approximate surface area is 117 Å². The number of rotatable bonds is 3. The second-order valence-corrected chi connectivity index (χ2v) is 5.37. The molecule has 1 aromatic heterocycles. The number of aromatic nitrogens is 2. The standard InChI is InChI=1S/C15H17BrN2/c1-4-5-15-17-13(9-14(16)18-15)12-7-6-10(2)8-11(12)3/h6-9H,4-5H2,1-3H3. The normalized spacial score (nSPS) is 10.7. The molecule has 3 heteroatoms. The summed E-state index contributed by atoms with van der Waals surface area (Å²) >= 11 is 3.47. The van der Waals surface area contributed by atoms with Crippen LogP contribution in [0.3, 0.4) is 0 Å². The van der Waals surface area contributed by atoms with Gasteiger partial charge in [0.1, 0.15) is 10.4 Å². The van der Waals surface area contributed by atoms with Crippen LogP contribution in [0.15, 0.2) is 28.9 Å². The number of benzene rings is 1. The van der Waals surface area contributed by atoms with Gasteiger partial charge in [-0.3, -0.25) is 0 Å². The van der Waals surface area contributed by atoms with Crippen LogP contribution in [0.25, 0.3) is 11.3 Å². The van der Waals surface area contributed by atoms with Gasteiger partial charge in [0.25, 0.3) is 0 Å². The average molecular weight is 305 g/mol. The van der Waals surface area contributed by atoms with E-state index < -0.39 is 0 Å². The zero-order valence-electron chi connectivity index (χ0n) is 11.0. The second-order valence-electron chi connectivity index (χ2n) is 4.56. The van der Waals surface area contributed by atoms with Gasteiger partial charge in [0, 0.05) is 12.0 Å². The van der Waals surface area contributed by atoms with Crippen LogP contribution < -0.4 is 0 Å². The van der Waals surface area contributed by atoms with Crippen molar-refractivity contribution in [2.24, 2.45) is 0 Å². The minimum atomic E-state index is 0.857. The fourth-order valence-electron chi connectivity index (χ4n) is 2.04. The van der Waals surface area contributed by atoms with Gasteiger partial charge in [-0.15, -0.1) is 0 Å². The van der Waals surface area contributed by atoms with Gasteiger partial charge in [-0.1, -0.05) is 30.7 Å². The van der Waals surface area contributed by atoms with Crippen LogP contribution in [-0.2, 0) is 6.42 Å². The molecule has 0 bridgehead atoms. The largest absolute Gasteiger partial charge is 0.233 e. The molecule has 2 nitrogen and oxygen atoms in total. The van der Waals surface area contributed by atoms with Crippen molar-refractivity contribution in [3.05, 3.63) is 45.8 Å². The van der Waals surface area contributed by atoms with Crippen molar-refractivity contribution in [3.8, 4) is 11.3 Å². The summed E-state index contributed by atoms with van der Waals surface area (Å²) in [7, 11) is 0. The van der Waals surface area contributed by atoms with E-state index >= 15 is 0 Å². The molecule has 0 atom stereocenters. The fourth-order valence-corrected chi connectivity index (χ4v) is 2.46. The summed E-state index contributed by atoms with van der Waals surface area (Å²) in [5.74, 6) is 0.904. The maximum Gasteiger partial charge on any atom is 0.130 e. The van der Waals surface area contributed by atoms with E-state index in [0.29, 0.717) is 0 Å². The van der Waals surface area contributed by atoms with E-state index in [4.69, 9.17) is 0 Å². The van der Waals surface area contributed by atoms with E-state index in [-0.39, 0.29) is 0 Å². The summed E-state index contributed by atoms with van der Waals surface area (Å²) in [6.45, 7) is 6.37. The van der Waals surface area contributed by atoms with Crippen LogP contribution in [-0.4, -0.2) is 9.97 Å². The maximum absolute atomic E-state index is 4.64. The van der Waals surface area contributed by atoms with Crippen molar-refractivity contribution < 1.29 is 0 Å². The van der Waals surface area contributed by atoms with Crippen molar-refractivity contribution in [1.82, 2.24) is 9.97 Å². The second kappa shape index (κ2) is 5.61. The highest BCUT2D eigenvalue weighted by molar-refractivity contribution is 9.10. The van der Waals surface area contributed by atoms with E-state index in [2.05, 4.69) is 64.9 Å². The van der Waals surface area contributed by atoms with Crippen molar-refractivity contribution in [3.63, 3.8) is 0 Å². The highest BCUT2D eigenvalue weighted by Crippen LogP contribution is 2.24.